The van der Waals surface area contributed by atoms with Gasteiger partial charge in [-0.25, -0.2) is 4.98 Å². The van der Waals surface area contributed by atoms with E-state index in [1.165, 1.54) is 4.70 Å². The van der Waals surface area contributed by atoms with Crippen LogP contribution in [0, 0.1) is 5.41 Å². The number of aliphatic carboxylic acids is 1. The van der Waals surface area contributed by atoms with E-state index in [9.17, 15) is 9.90 Å². The van der Waals surface area contributed by atoms with Crippen LogP contribution in [0.1, 0.15) is 37.7 Å². The van der Waals surface area contributed by atoms with Gasteiger partial charge in [0.15, 0.2) is 0 Å². The Labute approximate surface area is 128 Å². The fourth-order valence-corrected chi connectivity index (χ4v) is 3.90. The zero-order chi connectivity index (χ0) is 15.0. The summed E-state index contributed by atoms with van der Waals surface area (Å²) in [6.07, 6.45) is 1.41. The van der Waals surface area contributed by atoms with Crippen LogP contribution in [-0.2, 0) is 4.79 Å². The molecule has 3 rings (SSSR count). The molecule has 5 heteroatoms. The van der Waals surface area contributed by atoms with Crippen molar-refractivity contribution in [2.75, 3.05) is 13.1 Å². The van der Waals surface area contributed by atoms with E-state index in [1.54, 1.807) is 11.3 Å². The lowest BCUT2D eigenvalue weighted by Gasteiger charge is -2.38. The van der Waals surface area contributed by atoms with Crippen molar-refractivity contribution >= 4 is 27.5 Å². The molecule has 0 spiro atoms. The minimum atomic E-state index is -0.671. The molecule has 112 valence electrons. The number of carboxylic acid groups (broad SMARTS) is 1. The lowest BCUT2D eigenvalue weighted by molar-refractivity contribution is -0.151. The summed E-state index contributed by atoms with van der Waals surface area (Å²) in [5, 5.41) is 10.4. The monoisotopic (exact) mass is 304 g/mol. The topological polar surface area (TPSA) is 53.4 Å². The van der Waals surface area contributed by atoms with Gasteiger partial charge in [-0.15, -0.1) is 11.3 Å². The molecule has 1 fully saturated rings. The second kappa shape index (κ2) is 5.39. The average Bonchev–Trinajstić information content (AvgIpc) is 2.91. The first-order chi connectivity index (χ1) is 9.99. The molecule has 0 radical (unpaired) electrons. The SMILES string of the molecule is CC(c1nc2ccccc2s1)N1CCC(C)(C(=O)O)CC1. The first-order valence-electron chi connectivity index (χ1n) is 7.32. The van der Waals surface area contributed by atoms with Crippen LogP contribution >= 0.6 is 11.3 Å². The van der Waals surface area contributed by atoms with Gasteiger partial charge in [0.05, 0.1) is 21.7 Å². The Morgan fingerprint density at radius 2 is 2.05 bits per heavy atom. The van der Waals surface area contributed by atoms with Gasteiger partial charge in [0.2, 0.25) is 0 Å². The molecule has 2 heterocycles. The van der Waals surface area contributed by atoms with Gasteiger partial charge in [0.25, 0.3) is 0 Å². The van der Waals surface area contributed by atoms with Crippen molar-refractivity contribution in [2.24, 2.45) is 5.41 Å². The maximum atomic E-state index is 11.3. The maximum Gasteiger partial charge on any atom is 0.309 e. The van der Waals surface area contributed by atoms with E-state index in [0.717, 1.165) is 23.6 Å². The number of likely N-dealkylation sites (tertiary alicyclic amines) is 1. The van der Waals surface area contributed by atoms with Crippen molar-refractivity contribution in [3.8, 4) is 0 Å². The number of carboxylic acids is 1. The molecule has 0 amide bonds. The number of benzene rings is 1. The predicted molar refractivity (Wildman–Crippen MR) is 84.6 cm³/mol. The molecule has 21 heavy (non-hydrogen) atoms. The number of rotatable bonds is 3. The van der Waals surface area contributed by atoms with E-state index in [0.29, 0.717) is 12.8 Å². The largest absolute Gasteiger partial charge is 0.481 e. The highest BCUT2D eigenvalue weighted by Crippen LogP contribution is 2.36. The third-order valence-electron chi connectivity index (χ3n) is 4.63. The van der Waals surface area contributed by atoms with Crippen molar-refractivity contribution in [1.82, 2.24) is 9.88 Å². The fourth-order valence-electron chi connectivity index (χ4n) is 2.84. The van der Waals surface area contributed by atoms with Crippen molar-refractivity contribution in [3.05, 3.63) is 29.3 Å². The third kappa shape index (κ3) is 2.68. The van der Waals surface area contributed by atoms with Gasteiger partial charge in [-0.1, -0.05) is 12.1 Å². The molecule has 1 N–H and O–H groups in total. The molecule has 1 saturated heterocycles. The number of hydrogen-bond donors (Lipinski definition) is 1. The molecule has 0 saturated carbocycles. The van der Waals surface area contributed by atoms with Crippen LogP contribution in [0.15, 0.2) is 24.3 Å². The molecule has 1 atom stereocenters. The van der Waals surface area contributed by atoms with E-state index in [2.05, 4.69) is 17.9 Å². The predicted octanol–water partition coefficient (Wildman–Crippen LogP) is 3.54. The number of fused-ring (bicyclic) bond motifs is 1. The molecule has 0 bridgehead atoms. The van der Waals surface area contributed by atoms with Crippen LogP contribution in [0.4, 0.5) is 0 Å². The van der Waals surface area contributed by atoms with Crippen LogP contribution in [0.5, 0.6) is 0 Å². The smallest absolute Gasteiger partial charge is 0.309 e. The Morgan fingerprint density at radius 1 is 1.38 bits per heavy atom. The summed E-state index contributed by atoms with van der Waals surface area (Å²) in [7, 11) is 0. The highest BCUT2D eigenvalue weighted by Gasteiger charge is 2.38. The number of piperidine rings is 1. The molecule has 2 aromatic rings. The number of aromatic nitrogens is 1. The number of hydrogen-bond acceptors (Lipinski definition) is 4. The molecule has 1 aliphatic rings. The van der Waals surface area contributed by atoms with E-state index in [1.807, 2.05) is 25.1 Å². The van der Waals surface area contributed by atoms with Crippen molar-refractivity contribution < 1.29 is 9.90 Å². The minimum Gasteiger partial charge on any atom is -0.481 e. The van der Waals surface area contributed by atoms with Gasteiger partial charge in [-0.3, -0.25) is 9.69 Å². The fraction of sp³-hybridized carbons (Fsp3) is 0.500. The first-order valence-corrected chi connectivity index (χ1v) is 8.14. The van der Waals surface area contributed by atoms with Crippen molar-refractivity contribution in [1.29, 1.82) is 0 Å². The van der Waals surface area contributed by atoms with E-state index in [4.69, 9.17) is 4.98 Å². The number of nitrogens with zero attached hydrogens (tertiary/aromatic N) is 2. The normalized spacial score (nSPS) is 20.5. The summed E-state index contributed by atoms with van der Waals surface area (Å²) in [6.45, 7) is 5.66. The zero-order valence-corrected chi connectivity index (χ0v) is 13.2. The molecule has 1 unspecified atom stereocenters. The summed E-state index contributed by atoms with van der Waals surface area (Å²) in [5.41, 5.74) is 0.487. The summed E-state index contributed by atoms with van der Waals surface area (Å²) >= 11 is 1.74. The van der Waals surface area contributed by atoms with Gasteiger partial charge >= 0.3 is 5.97 Å². The van der Waals surface area contributed by atoms with Crippen LogP contribution in [-0.4, -0.2) is 34.0 Å². The van der Waals surface area contributed by atoms with Crippen LogP contribution < -0.4 is 0 Å². The van der Waals surface area contributed by atoms with Crippen molar-refractivity contribution in [2.45, 2.75) is 32.7 Å². The molecule has 4 nitrogen and oxygen atoms in total. The summed E-state index contributed by atoms with van der Waals surface area (Å²) in [4.78, 5) is 18.4. The van der Waals surface area contributed by atoms with Gasteiger partial charge < -0.3 is 5.11 Å². The lowest BCUT2D eigenvalue weighted by Crippen LogP contribution is -2.43. The Kier molecular flexibility index (Phi) is 3.71. The Morgan fingerprint density at radius 3 is 2.67 bits per heavy atom. The van der Waals surface area contributed by atoms with Gasteiger partial charge in [-0.2, -0.15) is 0 Å². The van der Waals surface area contributed by atoms with Crippen LogP contribution in [0.3, 0.4) is 0 Å². The van der Waals surface area contributed by atoms with Crippen molar-refractivity contribution in [3.63, 3.8) is 0 Å². The standard InChI is InChI=1S/C16H20N2O2S/c1-11(14-17-12-5-3-4-6-13(12)21-14)18-9-7-16(2,8-10-18)15(19)20/h3-6,11H,7-10H2,1-2H3,(H,19,20). The minimum absolute atomic E-state index is 0.251. The second-order valence-corrected chi connectivity index (χ2v) is 7.16. The number of para-hydroxylation sites is 1. The molecular formula is C16H20N2O2S. The third-order valence-corrected chi connectivity index (χ3v) is 5.84. The number of thiazole rings is 1. The van der Waals surface area contributed by atoms with Gasteiger partial charge in [0, 0.05) is 0 Å². The van der Waals surface area contributed by atoms with Gasteiger partial charge in [0.1, 0.15) is 5.01 Å². The van der Waals surface area contributed by atoms with E-state index in [-0.39, 0.29) is 6.04 Å². The average molecular weight is 304 g/mol. The Balaban J connectivity index is 1.74. The summed E-state index contributed by atoms with van der Waals surface area (Å²) < 4.78 is 1.21. The van der Waals surface area contributed by atoms with E-state index < -0.39 is 11.4 Å². The zero-order valence-electron chi connectivity index (χ0n) is 12.4. The molecule has 0 aliphatic carbocycles. The lowest BCUT2D eigenvalue weighted by atomic mass is 9.80. The number of carbonyl (C=O) groups is 1. The summed E-state index contributed by atoms with van der Waals surface area (Å²) in [5.74, 6) is -0.671. The van der Waals surface area contributed by atoms with Crippen LogP contribution in [0.2, 0.25) is 0 Å². The Bertz CT molecular complexity index is 626. The maximum absolute atomic E-state index is 11.3. The highest BCUT2D eigenvalue weighted by atomic mass is 32.1. The van der Waals surface area contributed by atoms with E-state index >= 15 is 0 Å². The molecule has 1 aliphatic heterocycles. The van der Waals surface area contributed by atoms with Gasteiger partial charge in [-0.05, 0) is 51.9 Å². The summed E-state index contributed by atoms with van der Waals surface area (Å²) in [6, 6.07) is 8.44. The first kappa shape index (κ1) is 14.5. The quantitative estimate of drug-likeness (QED) is 0.942. The Hall–Kier alpha value is -1.46. The van der Waals surface area contributed by atoms with Crippen LogP contribution in [0.25, 0.3) is 10.2 Å². The second-order valence-electron chi connectivity index (χ2n) is 6.10. The molecule has 1 aromatic heterocycles. The highest BCUT2D eigenvalue weighted by molar-refractivity contribution is 7.18. The molecule has 1 aromatic carbocycles. The molecular weight excluding hydrogens is 284 g/mol.